The van der Waals surface area contributed by atoms with Crippen molar-refractivity contribution in [3.8, 4) is 0 Å². The van der Waals surface area contributed by atoms with Crippen LogP contribution in [0.15, 0.2) is 24.3 Å². The highest BCUT2D eigenvalue weighted by Crippen LogP contribution is 2.42. The maximum atomic E-state index is 14.3. The molecule has 0 aromatic heterocycles. The van der Waals surface area contributed by atoms with E-state index in [0.717, 1.165) is 12.8 Å². The molecule has 15 heavy (non-hydrogen) atoms. The molecule has 0 amide bonds. The van der Waals surface area contributed by atoms with Gasteiger partial charge < -0.3 is 5.11 Å². The quantitative estimate of drug-likeness (QED) is 0.810. The van der Waals surface area contributed by atoms with E-state index in [1.807, 2.05) is 0 Å². The zero-order valence-electron chi connectivity index (χ0n) is 8.37. The lowest BCUT2D eigenvalue weighted by Crippen LogP contribution is -2.15. The Hall–Kier alpha value is -1.38. The molecule has 2 nitrogen and oxygen atoms in total. The van der Waals surface area contributed by atoms with Crippen LogP contribution >= 0.6 is 0 Å². The minimum atomic E-state index is -1.30. The van der Waals surface area contributed by atoms with Crippen molar-refractivity contribution in [3.05, 3.63) is 35.4 Å². The Morgan fingerprint density at radius 2 is 2.00 bits per heavy atom. The fourth-order valence-electron chi connectivity index (χ4n) is 2.16. The van der Waals surface area contributed by atoms with Gasteiger partial charge in [-0.25, -0.2) is 9.18 Å². The summed E-state index contributed by atoms with van der Waals surface area (Å²) < 4.78 is 14.3. The zero-order valence-corrected chi connectivity index (χ0v) is 8.37. The lowest BCUT2D eigenvalue weighted by molar-refractivity contribution is 0.0696. The fraction of sp³-hybridized carbons (Fsp3) is 0.417. The predicted molar refractivity (Wildman–Crippen MR) is 54.7 cm³/mol. The molecular formula is C12H13FO2. The van der Waals surface area contributed by atoms with Crippen LogP contribution < -0.4 is 0 Å². The second kappa shape index (κ2) is 3.65. The molecule has 1 aromatic carbocycles. The molecule has 3 heteroatoms. The van der Waals surface area contributed by atoms with E-state index in [-0.39, 0.29) is 5.56 Å². The molecule has 1 fully saturated rings. The Morgan fingerprint density at radius 3 is 2.60 bits per heavy atom. The number of carboxylic acid groups (broad SMARTS) is 1. The molecule has 0 atom stereocenters. The van der Waals surface area contributed by atoms with Gasteiger partial charge in [0.1, 0.15) is 5.67 Å². The first kappa shape index (κ1) is 10.1. The number of rotatable bonds is 2. The van der Waals surface area contributed by atoms with Crippen LogP contribution in [-0.4, -0.2) is 11.1 Å². The lowest BCUT2D eigenvalue weighted by Gasteiger charge is -2.19. The number of aromatic carboxylic acids is 1. The van der Waals surface area contributed by atoms with Crippen LogP contribution in [0.5, 0.6) is 0 Å². The topological polar surface area (TPSA) is 37.3 Å². The van der Waals surface area contributed by atoms with E-state index in [2.05, 4.69) is 0 Å². The van der Waals surface area contributed by atoms with Crippen LogP contribution in [0.3, 0.4) is 0 Å². The van der Waals surface area contributed by atoms with Gasteiger partial charge in [-0.15, -0.1) is 0 Å². The van der Waals surface area contributed by atoms with Crippen LogP contribution in [0.1, 0.15) is 41.6 Å². The normalized spacial score (nSPS) is 19.0. The first-order valence-corrected chi connectivity index (χ1v) is 5.15. The molecule has 2 rings (SSSR count). The highest BCUT2D eigenvalue weighted by molar-refractivity contribution is 5.87. The number of halogens is 1. The summed E-state index contributed by atoms with van der Waals surface area (Å²) in [7, 11) is 0. The maximum Gasteiger partial charge on any atom is 0.335 e. The SMILES string of the molecule is O=C(O)c1cccc(C2(F)CCCC2)c1. The Balaban J connectivity index is 2.36. The monoisotopic (exact) mass is 208 g/mol. The van der Waals surface area contributed by atoms with Gasteiger partial charge in [-0.2, -0.15) is 0 Å². The Bertz CT molecular complexity index is 381. The summed E-state index contributed by atoms with van der Waals surface area (Å²) in [6.45, 7) is 0. The van der Waals surface area contributed by atoms with Crippen molar-refractivity contribution in [1.82, 2.24) is 0 Å². The zero-order chi connectivity index (χ0) is 10.9. The summed E-state index contributed by atoms with van der Waals surface area (Å²) in [5.41, 5.74) is -0.623. The lowest BCUT2D eigenvalue weighted by atomic mass is 9.93. The van der Waals surface area contributed by atoms with Crippen LogP contribution in [0, 0.1) is 0 Å². The standard InChI is InChI=1S/C12H13FO2/c13-12(6-1-2-7-12)10-5-3-4-9(8-10)11(14)15/h3-5,8H,1-2,6-7H2,(H,14,15). The predicted octanol–water partition coefficient (Wildman–Crippen LogP) is 3.12. The highest BCUT2D eigenvalue weighted by atomic mass is 19.1. The summed E-state index contributed by atoms with van der Waals surface area (Å²) in [6.07, 6.45) is 2.79. The number of hydrogen-bond donors (Lipinski definition) is 1. The fourth-order valence-corrected chi connectivity index (χ4v) is 2.16. The molecule has 0 aliphatic heterocycles. The second-order valence-corrected chi connectivity index (χ2v) is 4.06. The third-order valence-electron chi connectivity index (χ3n) is 3.02. The number of carboxylic acids is 1. The van der Waals surface area contributed by atoms with Crippen LogP contribution in [0.4, 0.5) is 4.39 Å². The van der Waals surface area contributed by atoms with E-state index < -0.39 is 11.6 Å². The van der Waals surface area contributed by atoms with E-state index in [9.17, 15) is 9.18 Å². The van der Waals surface area contributed by atoms with Crippen molar-refractivity contribution in [1.29, 1.82) is 0 Å². The first-order valence-electron chi connectivity index (χ1n) is 5.15. The van der Waals surface area contributed by atoms with Gasteiger partial charge in [0.15, 0.2) is 0 Å². The third-order valence-corrected chi connectivity index (χ3v) is 3.02. The molecule has 0 radical (unpaired) electrons. The van der Waals surface area contributed by atoms with Gasteiger partial charge in [0.25, 0.3) is 0 Å². The highest BCUT2D eigenvalue weighted by Gasteiger charge is 2.35. The largest absolute Gasteiger partial charge is 0.478 e. The van der Waals surface area contributed by atoms with Crippen LogP contribution in [-0.2, 0) is 5.67 Å². The average Bonchev–Trinajstić information content (AvgIpc) is 2.67. The summed E-state index contributed by atoms with van der Waals surface area (Å²) in [6, 6.07) is 6.23. The molecule has 0 saturated heterocycles. The maximum absolute atomic E-state index is 14.3. The van der Waals surface area contributed by atoms with Crippen molar-refractivity contribution >= 4 is 5.97 Å². The molecule has 1 aromatic rings. The summed E-state index contributed by atoms with van der Waals surface area (Å²) >= 11 is 0. The van der Waals surface area contributed by atoms with E-state index in [1.54, 1.807) is 12.1 Å². The minimum Gasteiger partial charge on any atom is -0.478 e. The van der Waals surface area contributed by atoms with Gasteiger partial charge in [0.05, 0.1) is 5.56 Å². The van der Waals surface area contributed by atoms with Crippen molar-refractivity contribution in [2.24, 2.45) is 0 Å². The molecule has 1 saturated carbocycles. The number of alkyl halides is 1. The van der Waals surface area contributed by atoms with Gasteiger partial charge in [-0.1, -0.05) is 12.1 Å². The molecule has 1 N–H and O–H groups in total. The second-order valence-electron chi connectivity index (χ2n) is 4.06. The van der Waals surface area contributed by atoms with E-state index in [4.69, 9.17) is 5.11 Å². The van der Waals surface area contributed by atoms with Crippen LogP contribution in [0.25, 0.3) is 0 Å². The Morgan fingerprint density at radius 1 is 1.33 bits per heavy atom. The Labute approximate surface area is 87.7 Å². The molecular weight excluding hydrogens is 195 g/mol. The van der Waals surface area contributed by atoms with Gasteiger partial charge in [-0.05, 0) is 43.4 Å². The van der Waals surface area contributed by atoms with E-state index >= 15 is 0 Å². The molecule has 0 spiro atoms. The molecule has 1 aliphatic carbocycles. The number of carbonyl (C=O) groups is 1. The van der Waals surface area contributed by atoms with Gasteiger partial charge in [0.2, 0.25) is 0 Å². The van der Waals surface area contributed by atoms with Gasteiger partial charge >= 0.3 is 5.97 Å². The van der Waals surface area contributed by atoms with Crippen molar-refractivity contribution < 1.29 is 14.3 Å². The molecule has 80 valence electrons. The van der Waals surface area contributed by atoms with Crippen molar-refractivity contribution in [2.45, 2.75) is 31.4 Å². The number of benzene rings is 1. The summed E-state index contributed by atoms with van der Waals surface area (Å²) in [5.74, 6) is -1.00. The summed E-state index contributed by atoms with van der Waals surface area (Å²) in [5, 5.41) is 8.81. The van der Waals surface area contributed by atoms with Gasteiger partial charge in [0, 0.05) is 0 Å². The molecule has 1 aliphatic rings. The van der Waals surface area contributed by atoms with Crippen molar-refractivity contribution in [2.75, 3.05) is 0 Å². The van der Waals surface area contributed by atoms with Gasteiger partial charge in [-0.3, -0.25) is 0 Å². The molecule has 0 heterocycles. The average molecular weight is 208 g/mol. The van der Waals surface area contributed by atoms with Crippen LogP contribution in [0.2, 0.25) is 0 Å². The third kappa shape index (κ3) is 1.87. The molecule has 0 unspecified atom stereocenters. The minimum absolute atomic E-state index is 0.163. The molecule has 0 bridgehead atoms. The summed E-state index contributed by atoms with van der Waals surface area (Å²) in [4.78, 5) is 10.7. The first-order chi connectivity index (χ1) is 7.12. The number of hydrogen-bond acceptors (Lipinski definition) is 1. The van der Waals surface area contributed by atoms with Crippen molar-refractivity contribution in [3.63, 3.8) is 0 Å². The smallest absolute Gasteiger partial charge is 0.335 e. The Kier molecular flexibility index (Phi) is 2.47. The van der Waals surface area contributed by atoms with E-state index in [0.29, 0.717) is 18.4 Å². The van der Waals surface area contributed by atoms with E-state index in [1.165, 1.54) is 12.1 Å².